The summed E-state index contributed by atoms with van der Waals surface area (Å²) < 4.78 is 5.40. The van der Waals surface area contributed by atoms with Gasteiger partial charge < -0.3 is 4.74 Å². The van der Waals surface area contributed by atoms with Gasteiger partial charge in [-0.15, -0.1) is 0 Å². The van der Waals surface area contributed by atoms with Gasteiger partial charge in [0.2, 0.25) is 0 Å². The molecule has 0 atom stereocenters. The summed E-state index contributed by atoms with van der Waals surface area (Å²) in [5.74, 6) is 0.762. The first-order chi connectivity index (χ1) is 6.68. The maximum atomic E-state index is 11.1. The molecule has 2 nitrogen and oxygen atoms in total. The van der Waals surface area contributed by atoms with Gasteiger partial charge in [0.1, 0.15) is 12.4 Å². The lowest BCUT2D eigenvalue weighted by Gasteiger charge is -2.16. The second-order valence-corrected chi connectivity index (χ2v) is 3.57. The van der Waals surface area contributed by atoms with Crippen molar-refractivity contribution in [2.45, 2.75) is 6.92 Å². The lowest BCUT2D eigenvalue weighted by atomic mass is 10.1. The minimum Gasteiger partial charge on any atom is -0.488 e. The van der Waals surface area contributed by atoms with Crippen LogP contribution in [0.2, 0.25) is 5.02 Å². The molecule has 3 heteroatoms. The van der Waals surface area contributed by atoms with Crippen molar-refractivity contribution in [3.8, 4) is 5.75 Å². The van der Waals surface area contributed by atoms with Crippen molar-refractivity contribution in [1.29, 1.82) is 0 Å². The largest absolute Gasteiger partial charge is 0.488 e. The molecule has 0 unspecified atom stereocenters. The van der Waals surface area contributed by atoms with E-state index in [1.54, 1.807) is 12.1 Å². The number of fused-ring (bicyclic) bond motifs is 1. The van der Waals surface area contributed by atoms with Crippen LogP contribution in [0.3, 0.4) is 0 Å². The summed E-state index contributed by atoms with van der Waals surface area (Å²) in [7, 11) is 0. The molecule has 1 aliphatic heterocycles. The van der Waals surface area contributed by atoms with Crippen molar-refractivity contribution in [3.05, 3.63) is 34.4 Å². The summed E-state index contributed by atoms with van der Waals surface area (Å²) in [4.78, 5) is 11.1. The van der Waals surface area contributed by atoms with Crippen molar-refractivity contribution >= 4 is 23.5 Å². The third-order valence-electron chi connectivity index (χ3n) is 2.17. The zero-order chi connectivity index (χ0) is 10.1. The Morgan fingerprint density at radius 3 is 3.00 bits per heavy atom. The van der Waals surface area contributed by atoms with Crippen LogP contribution < -0.4 is 4.74 Å². The van der Waals surface area contributed by atoms with Gasteiger partial charge in [0.25, 0.3) is 0 Å². The Labute approximate surface area is 87.1 Å². The van der Waals surface area contributed by atoms with E-state index in [-0.39, 0.29) is 5.78 Å². The maximum absolute atomic E-state index is 11.1. The monoisotopic (exact) mass is 208 g/mol. The lowest BCUT2D eigenvalue weighted by Crippen LogP contribution is -2.12. The minimum atomic E-state index is 0.0237. The maximum Gasteiger partial charge on any atom is 0.159 e. The molecule has 0 saturated carbocycles. The van der Waals surface area contributed by atoms with Crippen molar-refractivity contribution < 1.29 is 9.53 Å². The first-order valence-electron chi connectivity index (χ1n) is 4.31. The molecule has 0 amide bonds. The van der Waals surface area contributed by atoms with Gasteiger partial charge in [0, 0.05) is 11.1 Å². The molecule has 1 aromatic carbocycles. The van der Waals surface area contributed by atoms with Gasteiger partial charge >= 0.3 is 0 Å². The summed E-state index contributed by atoms with van der Waals surface area (Å²) in [5, 5.41) is 0.612. The fourth-order valence-corrected chi connectivity index (χ4v) is 1.58. The average Bonchev–Trinajstić information content (AvgIpc) is 2.18. The Morgan fingerprint density at radius 2 is 2.29 bits per heavy atom. The van der Waals surface area contributed by atoms with Crippen LogP contribution in [0.25, 0.3) is 6.08 Å². The SMILES string of the molecule is CC(=O)C1=Cc2c(Cl)cccc2OC1. The highest BCUT2D eigenvalue weighted by atomic mass is 35.5. The van der Waals surface area contributed by atoms with Gasteiger partial charge in [-0.05, 0) is 25.1 Å². The number of carbonyl (C=O) groups excluding carboxylic acids is 1. The van der Waals surface area contributed by atoms with Crippen LogP contribution in [0.15, 0.2) is 23.8 Å². The van der Waals surface area contributed by atoms with Crippen LogP contribution in [-0.2, 0) is 4.79 Å². The van der Waals surface area contributed by atoms with Crippen LogP contribution in [0, 0.1) is 0 Å². The van der Waals surface area contributed by atoms with Gasteiger partial charge in [-0.1, -0.05) is 17.7 Å². The molecular weight excluding hydrogens is 200 g/mol. The molecule has 1 aromatic rings. The van der Waals surface area contributed by atoms with E-state index < -0.39 is 0 Å². The number of Topliss-reactive ketones (excluding diaryl/α,β-unsaturated/α-hetero) is 1. The second kappa shape index (κ2) is 3.46. The fraction of sp³-hybridized carbons (Fsp3) is 0.182. The molecule has 0 radical (unpaired) electrons. The molecule has 2 rings (SSSR count). The smallest absolute Gasteiger partial charge is 0.159 e. The van der Waals surface area contributed by atoms with Gasteiger partial charge in [0.05, 0.1) is 5.02 Å². The van der Waals surface area contributed by atoms with E-state index in [1.165, 1.54) is 6.92 Å². The first kappa shape index (κ1) is 9.28. The van der Waals surface area contributed by atoms with Gasteiger partial charge in [-0.2, -0.15) is 0 Å². The zero-order valence-electron chi connectivity index (χ0n) is 7.71. The second-order valence-electron chi connectivity index (χ2n) is 3.17. The molecule has 0 N–H and O–H groups in total. The van der Waals surface area contributed by atoms with Gasteiger partial charge in [-0.25, -0.2) is 0 Å². The standard InChI is InChI=1S/C11H9ClO2/c1-7(13)8-5-9-10(12)3-2-4-11(9)14-6-8/h2-5H,6H2,1H3. The van der Waals surface area contributed by atoms with Gasteiger partial charge in [0.15, 0.2) is 5.78 Å². The van der Waals surface area contributed by atoms with E-state index in [1.807, 2.05) is 12.1 Å². The number of benzene rings is 1. The molecule has 0 aliphatic carbocycles. The van der Waals surface area contributed by atoms with E-state index in [9.17, 15) is 4.79 Å². The normalized spacial score (nSPS) is 14.0. The number of rotatable bonds is 1. The van der Waals surface area contributed by atoms with Crippen molar-refractivity contribution in [2.24, 2.45) is 0 Å². The molecule has 0 fully saturated rings. The number of ketones is 1. The Hall–Kier alpha value is -1.28. The Morgan fingerprint density at radius 1 is 1.50 bits per heavy atom. The number of hydrogen-bond acceptors (Lipinski definition) is 2. The third-order valence-corrected chi connectivity index (χ3v) is 2.50. The Balaban J connectivity index is 2.52. The van der Waals surface area contributed by atoms with Crippen LogP contribution in [0.4, 0.5) is 0 Å². The molecule has 0 spiro atoms. The summed E-state index contributed by atoms with van der Waals surface area (Å²) in [5.41, 5.74) is 1.45. The molecule has 0 saturated heterocycles. The molecule has 72 valence electrons. The molecule has 1 aliphatic rings. The van der Waals surface area contributed by atoms with E-state index in [0.29, 0.717) is 17.2 Å². The van der Waals surface area contributed by atoms with E-state index in [0.717, 1.165) is 11.3 Å². The highest BCUT2D eigenvalue weighted by molar-refractivity contribution is 6.32. The molecule has 1 heterocycles. The lowest BCUT2D eigenvalue weighted by molar-refractivity contribution is -0.113. The predicted octanol–water partition coefficient (Wildman–Crippen LogP) is 2.70. The Kier molecular flexibility index (Phi) is 2.30. The first-order valence-corrected chi connectivity index (χ1v) is 4.69. The molecule has 0 bridgehead atoms. The average molecular weight is 209 g/mol. The highest BCUT2D eigenvalue weighted by Gasteiger charge is 2.15. The number of hydrogen-bond donors (Lipinski definition) is 0. The van der Waals surface area contributed by atoms with E-state index >= 15 is 0 Å². The van der Waals surface area contributed by atoms with Crippen molar-refractivity contribution in [3.63, 3.8) is 0 Å². The third kappa shape index (κ3) is 1.53. The minimum absolute atomic E-state index is 0.0237. The summed E-state index contributed by atoms with van der Waals surface area (Å²) >= 11 is 5.98. The predicted molar refractivity (Wildman–Crippen MR) is 55.6 cm³/mol. The van der Waals surface area contributed by atoms with Crippen molar-refractivity contribution in [2.75, 3.05) is 6.61 Å². The van der Waals surface area contributed by atoms with Crippen LogP contribution >= 0.6 is 11.6 Å². The molecule has 0 aromatic heterocycles. The summed E-state index contributed by atoms with van der Waals surface area (Å²) in [6.45, 7) is 1.86. The van der Waals surface area contributed by atoms with Crippen LogP contribution in [-0.4, -0.2) is 12.4 Å². The summed E-state index contributed by atoms with van der Waals surface area (Å²) in [6, 6.07) is 5.45. The topological polar surface area (TPSA) is 26.3 Å². The summed E-state index contributed by atoms with van der Waals surface area (Å²) in [6.07, 6.45) is 1.80. The van der Waals surface area contributed by atoms with Crippen LogP contribution in [0.1, 0.15) is 12.5 Å². The van der Waals surface area contributed by atoms with E-state index in [4.69, 9.17) is 16.3 Å². The fourth-order valence-electron chi connectivity index (χ4n) is 1.36. The molecule has 14 heavy (non-hydrogen) atoms. The van der Waals surface area contributed by atoms with Crippen LogP contribution in [0.5, 0.6) is 5.75 Å². The molecular formula is C11H9ClO2. The number of carbonyl (C=O) groups is 1. The highest BCUT2D eigenvalue weighted by Crippen LogP contribution is 2.32. The zero-order valence-corrected chi connectivity index (χ0v) is 8.47. The number of ether oxygens (including phenoxy) is 1. The quantitative estimate of drug-likeness (QED) is 0.710. The Bertz CT molecular complexity index is 421. The number of halogens is 1. The van der Waals surface area contributed by atoms with Crippen molar-refractivity contribution in [1.82, 2.24) is 0 Å². The van der Waals surface area contributed by atoms with E-state index in [2.05, 4.69) is 0 Å². The van der Waals surface area contributed by atoms with Gasteiger partial charge in [-0.3, -0.25) is 4.79 Å².